The van der Waals surface area contributed by atoms with Gasteiger partial charge in [0, 0.05) is 31.9 Å². The van der Waals surface area contributed by atoms with Crippen molar-refractivity contribution >= 4 is 17.8 Å². The van der Waals surface area contributed by atoms with E-state index < -0.39 is 6.04 Å². The molecule has 0 aliphatic carbocycles. The molecule has 0 bridgehead atoms. The fourth-order valence-electron chi connectivity index (χ4n) is 4.43. The first kappa shape index (κ1) is 21.0. The zero-order chi connectivity index (χ0) is 21.6. The maximum Gasteiger partial charge on any atom is 0.324 e. The molecule has 31 heavy (non-hydrogen) atoms. The van der Waals surface area contributed by atoms with Crippen molar-refractivity contribution in [3.8, 4) is 0 Å². The number of rotatable bonds is 7. The number of imide groups is 1. The summed E-state index contributed by atoms with van der Waals surface area (Å²) >= 11 is 0. The smallest absolute Gasteiger partial charge is 0.324 e. The molecule has 2 aliphatic rings. The van der Waals surface area contributed by atoms with Crippen LogP contribution in [0.4, 0.5) is 4.79 Å². The van der Waals surface area contributed by atoms with E-state index in [0.29, 0.717) is 25.9 Å². The highest BCUT2D eigenvalue weighted by Crippen LogP contribution is 2.31. The SMILES string of the molecule is O=C1NC(CCC(=O)N2CCCC[C@H]2c2cccnc2)C(=O)N1CCc1ccccc1. The van der Waals surface area contributed by atoms with E-state index in [1.807, 2.05) is 53.6 Å². The summed E-state index contributed by atoms with van der Waals surface area (Å²) in [5.41, 5.74) is 2.13. The van der Waals surface area contributed by atoms with Gasteiger partial charge in [-0.05, 0) is 49.3 Å². The Morgan fingerprint density at radius 1 is 1.10 bits per heavy atom. The van der Waals surface area contributed by atoms with Gasteiger partial charge in [0.1, 0.15) is 6.04 Å². The van der Waals surface area contributed by atoms with Gasteiger partial charge in [-0.3, -0.25) is 19.5 Å². The summed E-state index contributed by atoms with van der Waals surface area (Å²) in [4.78, 5) is 45.4. The number of urea groups is 1. The van der Waals surface area contributed by atoms with Crippen molar-refractivity contribution in [3.05, 3.63) is 66.0 Å². The van der Waals surface area contributed by atoms with Crippen LogP contribution in [-0.4, -0.2) is 51.8 Å². The molecule has 7 nitrogen and oxygen atoms in total. The largest absolute Gasteiger partial charge is 0.336 e. The molecule has 162 valence electrons. The van der Waals surface area contributed by atoms with Crippen LogP contribution >= 0.6 is 0 Å². The molecule has 1 aromatic heterocycles. The Hall–Kier alpha value is -3.22. The molecule has 3 heterocycles. The average Bonchev–Trinajstić information content (AvgIpc) is 3.09. The van der Waals surface area contributed by atoms with Crippen LogP contribution in [0.5, 0.6) is 0 Å². The van der Waals surface area contributed by atoms with E-state index in [4.69, 9.17) is 0 Å². The maximum atomic E-state index is 13.0. The first-order valence-electron chi connectivity index (χ1n) is 11.0. The molecule has 4 rings (SSSR count). The fourth-order valence-corrected chi connectivity index (χ4v) is 4.43. The van der Waals surface area contributed by atoms with Crippen LogP contribution in [0.1, 0.15) is 49.3 Å². The van der Waals surface area contributed by atoms with Gasteiger partial charge in [0.15, 0.2) is 0 Å². The van der Waals surface area contributed by atoms with Gasteiger partial charge in [-0.15, -0.1) is 0 Å². The second kappa shape index (κ2) is 9.73. The molecule has 2 saturated heterocycles. The lowest BCUT2D eigenvalue weighted by Crippen LogP contribution is -2.39. The lowest BCUT2D eigenvalue weighted by Gasteiger charge is -2.36. The maximum absolute atomic E-state index is 13.0. The molecule has 2 fully saturated rings. The highest BCUT2D eigenvalue weighted by Gasteiger charge is 2.38. The molecule has 0 radical (unpaired) electrons. The summed E-state index contributed by atoms with van der Waals surface area (Å²) in [5, 5.41) is 2.75. The minimum absolute atomic E-state index is 0.0262. The zero-order valence-corrected chi connectivity index (χ0v) is 17.6. The number of nitrogens with zero attached hydrogens (tertiary/aromatic N) is 3. The van der Waals surface area contributed by atoms with E-state index >= 15 is 0 Å². The van der Waals surface area contributed by atoms with Gasteiger partial charge < -0.3 is 10.2 Å². The van der Waals surface area contributed by atoms with Crippen LogP contribution in [0.15, 0.2) is 54.9 Å². The lowest BCUT2D eigenvalue weighted by atomic mass is 9.95. The van der Waals surface area contributed by atoms with Crippen molar-refractivity contribution in [2.75, 3.05) is 13.1 Å². The second-order valence-electron chi connectivity index (χ2n) is 8.15. The molecular formula is C24H28N4O3. The van der Waals surface area contributed by atoms with E-state index in [1.54, 1.807) is 6.20 Å². The van der Waals surface area contributed by atoms with Crippen LogP contribution in [0, 0.1) is 0 Å². The minimum atomic E-state index is -0.631. The first-order chi connectivity index (χ1) is 15.1. The standard InChI is InChI=1S/C24H28N4O3/c29-22(27-15-5-4-10-21(27)19-9-6-14-25-17-19)12-11-20-23(30)28(24(31)26-20)16-13-18-7-2-1-3-8-18/h1-3,6-9,14,17,20-21H,4-5,10-13,15-16H2,(H,26,31)/t20?,21-/m0/s1. The number of pyridine rings is 1. The normalized spacial score (nSPS) is 21.3. The number of piperidine rings is 1. The van der Waals surface area contributed by atoms with E-state index in [0.717, 1.165) is 30.4 Å². The number of hydrogen-bond acceptors (Lipinski definition) is 4. The number of benzene rings is 1. The number of hydrogen-bond donors (Lipinski definition) is 1. The van der Waals surface area contributed by atoms with Crippen LogP contribution < -0.4 is 5.32 Å². The number of amides is 4. The number of carbonyl (C=O) groups is 3. The van der Waals surface area contributed by atoms with Crippen molar-refractivity contribution in [2.24, 2.45) is 0 Å². The minimum Gasteiger partial charge on any atom is -0.336 e. The van der Waals surface area contributed by atoms with Crippen LogP contribution in [-0.2, 0) is 16.0 Å². The summed E-state index contributed by atoms with van der Waals surface area (Å²) in [6, 6.07) is 12.7. The van der Waals surface area contributed by atoms with Gasteiger partial charge in [0.25, 0.3) is 5.91 Å². The van der Waals surface area contributed by atoms with Crippen LogP contribution in [0.2, 0.25) is 0 Å². The lowest BCUT2D eigenvalue weighted by molar-refractivity contribution is -0.135. The molecule has 1 aromatic carbocycles. The number of likely N-dealkylation sites (tertiary alicyclic amines) is 1. The Labute approximate surface area is 182 Å². The molecule has 2 atom stereocenters. The Morgan fingerprint density at radius 3 is 2.71 bits per heavy atom. The number of nitrogens with one attached hydrogen (secondary N) is 1. The van der Waals surface area contributed by atoms with Gasteiger partial charge in [-0.2, -0.15) is 0 Å². The molecule has 7 heteroatoms. The molecule has 1 unspecified atom stereocenters. The second-order valence-corrected chi connectivity index (χ2v) is 8.15. The Balaban J connectivity index is 1.32. The molecule has 2 aromatic rings. The molecule has 0 saturated carbocycles. The summed E-state index contributed by atoms with van der Waals surface area (Å²) in [7, 11) is 0. The number of carbonyl (C=O) groups excluding carboxylic acids is 3. The quantitative estimate of drug-likeness (QED) is 0.698. The topological polar surface area (TPSA) is 82.6 Å². The third kappa shape index (κ3) is 4.93. The highest BCUT2D eigenvalue weighted by molar-refractivity contribution is 6.04. The summed E-state index contributed by atoms with van der Waals surface area (Å²) in [5.74, 6) is -0.213. The fraction of sp³-hybridized carbons (Fsp3) is 0.417. The van der Waals surface area contributed by atoms with E-state index in [2.05, 4.69) is 10.3 Å². The Kier molecular flexibility index (Phi) is 6.60. The predicted octanol–water partition coefficient (Wildman–Crippen LogP) is 3.08. The summed E-state index contributed by atoms with van der Waals surface area (Å²) < 4.78 is 0. The molecule has 1 N–H and O–H groups in total. The zero-order valence-electron chi connectivity index (χ0n) is 17.6. The van der Waals surface area contributed by atoms with Gasteiger partial charge >= 0.3 is 6.03 Å². The first-order valence-corrected chi connectivity index (χ1v) is 11.0. The van der Waals surface area contributed by atoms with Crippen molar-refractivity contribution in [1.82, 2.24) is 20.1 Å². The van der Waals surface area contributed by atoms with Crippen molar-refractivity contribution < 1.29 is 14.4 Å². The predicted molar refractivity (Wildman–Crippen MR) is 116 cm³/mol. The average molecular weight is 421 g/mol. The molecule has 2 aliphatic heterocycles. The van der Waals surface area contributed by atoms with Crippen LogP contribution in [0.25, 0.3) is 0 Å². The monoisotopic (exact) mass is 420 g/mol. The van der Waals surface area contributed by atoms with Crippen molar-refractivity contribution in [2.45, 2.75) is 50.6 Å². The molecule has 4 amide bonds. The molecular weight excluding hydrogens is 392 g/mol. The Morgan fingerprint density at radius 2 is 1.94 bits per heavy atom. The van der Waals surface area contributed by atoms with Crippen molar-refractivity contribution in [3.63, 3.8) is 0 Å². The summed E-state index contributed by atoms with van der Waals surface area (Å²) in [6.45, 7) is 1.06. The summed E-state index contributed by atoms with van der Waals surface area (Å²) in [6.07, 6.45) is 7.71. The van der Waals surface area contributed by atoms with E-state index in [1.165, 1.54) is 4.90 Å². The number of aromatic nitrogens is 1. The van der Waals surface area contributed by atoms with Gasteiger partial charge in [-0.25, -0.2) is 4.79 Å². The third-order valence-electron chi connectivity index (χ3n) is 6.11. The van der Waals surface area contributed by atoms with Gasteiger partial charge in [-0.1, -0.05) is 36.4 Å². The Bertz CT molecular complexity index is 919. The van der Waals surface area contributed by atoms with Gasteiger partial charge in [0.05, 0.1) is 6.04 Å². The third-order valence-corrected chi connectivity index (χ3v) is 6.11. The van der Waals surface area contributed by atoms with Crippen molar-refractivity contribution in [1.29, 1.82) is 0 Å². The van der Waals surface area contributed by atoms with E-state index in [9.17, 15) is 14.4 Å². The van der Waals surface area contributed by atoms with E-state index in [-0.39, 0.29) is 30.3 Å². The molecule has 0 spiro atoms. The van der Waals surface area contributed by atoms with Crippen LogP contribution in [0.3, 0.4) is 0 Å². The van der Waals surface area contributed by atoms with Gasteiger partial charge in [0.2, 0.25) is 5.91 Å². The highest BCUT2D eigenvalue weighted by atomic mass is 16.2.